The van der Waals surface area contributed by atoms with Crippen LogP contribution in [0.3, 0.4) is 0 Å². The van der Waals surface area contributed by atoms with E-state index in [1.165, 1.54) is 11.8 Å². The van der Waals surface area contributed by atoms with Crippen LogP contribution in [0.15, 0.2) is 96.6 Å². The summed E-state index contributed by atoms with van der Waals surface area (Å²) in [6, 6.07) is 26.1. The van der Waals surface area contributed by atoms with Gasteiger partial charge < -0.3 is 14.6 Å². The third-order valence-electron chi connectivity index (χ3n) is 7.36. The highest BCUT2D eigenvalue weighted by atomic mass is 16.5. The number of rotatable bonds is 7. The van der Waals surface area contributed by atoms with E-state index in [4.69, 9.17) is 9.47 Å². The maximum absolute atomic E-state index is 13.6. The van der Waals surface area contributed by atoms with E-state index in [0.717, 1.165) is 22.3 Å². The highest BCUT2D eigenvalue weighted by Crippen LogP contribution is 2.43. The standard InChI is InChI=1S/C35H31NO6/c1-21-10-14-28(19-22(21)2)36-32(26-11-15-29(16-12-26)42-24(4)37)31(34(39)35(36)40)33(38)27-13-17-30(23(3)18-27)41-20-25-8-6-5-7-9-25/h5-19,32,38H,20H2,1-4H3/b33-31+. The molecule has 42 heavy (non-hydrogen) atoms. The average molecular weight is 562 g/mol. The first kappa shape index (κ1) is 28.4. The molecule has 1 fully saturated rings. The van der Waals surface area contributed by atoms with Crippen LogP contribution in [0.5, 0.6) is 11.5 Å². The average Bonchev–Trinajstić information content (AvgIpc) is 3.24. The normalized spacial score (nSPS) is 16.0. The number of carbonyl (C=O) groups excluding carboxylic acids is 3. The predicted octanol–water partition coefficient (Wildman–Crippen LogP) is 6.74. The number of benzene rings is 4. The van der Waals surface area contributed by atoms with Gasteiger partial charge in [-0.25, -0.2) is 0 Å². The lowest BCUT2D eigenvalue weighted by Crippen LogP contribution is -2.29. The summed E-state index contributed by atoms with van der Waals surface area (Å²) < 4.78 is 11.2. The second kappa shape index (κ2) is 11.7. The van der Waals surface area contributed by atoms with E-state index in [0.29, 0.717) is 34.9 Å². The molecular weight excluding hydrogens is 530 g/mol. The molecule has 4 aromatic rings. The minimum absolute atomic E-state index is 0.0316. The molecule has 4 aromatic carbocycles. The molecule has 7 nitrogen and oxygen atoms in total. The molecule has 1 amide bonds. The van der Waals surface area contributed by atoms with Gasteiger partial charge in [0.1, 0.15) is 23.9 Å². The quantitative estimate of drug-likeness (QED) is 0.0883. The van der Waals surface area contributed by atoms with Crippen molar-refractivity contribution in [3.8, 4) is 11.5 Å². The summed E-state index contributed by atoms with van der Waals surface area (Å²) >= 11 is 0. The van der Waals surface area contributed by atoms with Gasteiger partial charge in [0.2, 0.25) is 0 Å². The summed E-state index contributed by atoms with van der Waals surface area (Å²) in [4.78, 5) is 39.9. The van der Waals surface area contributed by atoms with E-state index >= 15 is 0 Å². The SMILES string of the molecule is CC(=O)Oc1ccc(C2/C(=C(\O)c3ccc(OCc4ccccc4)c(C)c3)C(=O)C(=O)N2c2ccc(C)c(C)c2)cc1. The van der Waals surface area contributed by atoms with Gasteiger partial charge >= 0.3 is 5.97 Å². The Labute approximate surface area is 244 Å². The van der Waals surface area contributed by atoms with Crippen LogP contribution in [0.4, 0.5) is 5.69 Å². The van der Waals surface area contributed by atoms with Crippen LogP contribution in [-0.2, 0) is 21.0 Å². The lowest BCUT2D eigenvalue weighted by molar-refractivity contribution is -0.132. The van der Waals surface area contributed by atoms with Crippen LogP contribution in [0.1, 0.15) is 46.3 Å². The number of hydrogen-bond donors (Lipinski definition) is 1. The largest absolute Gasteiger partial charge is 0.507 e. The second-order valence-corrected chi connectivity index (χ2v) is 10.4. The Kier molecular flexibility index (Phi) is 7.93. The summed E-state index contributed by atoms with van der Waals surface area (Å²) in [5.74, 6) is -1.31. The Morgan fingerprint density at radius 2 is 1.55 bits per heavy atom. The van der Waals surface area contributed by atoms with E-state index in [2.05, 4.69) is 0 Å². The van der Waals surface area contributed by atoms with Gasteiger partial charge in [0.05, 0.1) is 11.6 Å². The number of ketones is 1. The lowest BCUT2D eigenvalue weighted by Gasteiger charge is -2.26. The number of nitrogens with zero attached hydrogens (tertiary/aromatic N) is 1. The van der Waals surface area contributed by atoms with Crippen LogP contribution in [0, 0.1) is 20.8 Å². The maximum Gasteiger partial charge on any atom is 0.308 e. The molecule has 1 saturated heterocycles. The number of ether oxygens (including phenoxy) is 2. The molecule has 0 radical (unpaired) electrons. The molecule has 0 saturated carbocycles. The van der Waals surface area contributed by atoms with Crippen molar-refractivity contribution in [1.82, 2.24) is 0 Å². The lowest BCUT2D eigenvalue weighted by atomic mass is 9.94. The molecule has 212 valence electrons. The number of carbonyl (C=O) groups is 3. The van der Waals surface area contributed by atoms with Crippen molar-refractivity contribution < 1.29 is 29.0 Å². The first-order valence-corrected chi connectivity index (χ1v) is 13.6. The first-order chi connectivity index (χ1) is 20.1. The molecule has 0 aliphatic carbocycles. The van der Waals surface area contributed by atoms with Gasteiger partial charge in [0, 0.05) is 18.2 Å². The third-order valence-corrected chi connectivity index (χ3v) is 7.36. The smallest absolute Gasteiger partial charge is 0.308 e. The molecule has 1 N–H and O–H groups in total. The summed E-state index contributed by atoms with van der Waals surface area (Å²) in [7, 11) is 0. The number of aryl methyl sites for hydroxylation is 3. The van der Waals surface area contributed by atoms with Gasteiger partial charge in [-0.3, -0.25) is 19.3 Å². The zero-order valence-electron chi connectivity index (χ0n) is 23.9. The topological polar surface area (TPSA) is 93.1 Å². The number of amides is 1. The van der Waals surface area contributed by atoms with Crippen LogP contribution < -0.4 is 14.4 Å². The van der Waals surface area contributed by atoms with Crippen molar-refractivity contribution >= 4 is 29.1 Å². The summed E-state index contributed by atoms with van der Waals surface area (Å²) in [6.45, 7) is 7.45. The fourth-order valence-corrected chi connectivity index (χ4v) is 5.02. The van der Waals surface area contributed by atoms with Gasteiger partial charge in [-0.1, -0.05) is 48.5 Å². The first-order valence-electron chi connectivity index (χ1n) is 13.6. The zero-order valence-corrected chi connectivity index (χ0v) is 23.9. The minimum atomic E-state index is -0.909. The molecule has 1 unspecified atom stereocenters. The zero-order chi connectivity index (χ0) is 30.0. The predicted molar refractivity (Wildman–Crippen MR) is 160 cm³/mol. The highest BCUT2D eigenvalue weighted by Gasteiger charge is 2.47. The molecular formula is C35H31NO6. The molecule has 1 aliphatic heterocycles. The van der Waals surface area contributed by atoms with Gasteiger partial charge in [-0.2, -0.15) is 0 Å². The van der Waals surface area contributed by atoms with Gasteiger partial charge in [-0.05, 0) is 91.1 Å². The van der Waals surface area contributed by atoms with E-state index in [1.54, 1.807) is 48.5 Å². The van der Waals surface area contributed by atoms with Gasteiger partial charge in [0.25, 0.3) is 11.7 Å². The van der Waals surface area contributed by atoms with Crippen molar-refractivity contribution in [1.29, 1.82) is 0 Å². The molecule has 7 heteroatoms. The molecule has 5 rings (SSSR count). The van der Waals surface area contributed by atoms with Crippen molar-refractivity contribution in [2.24, 2.45) is 0 Å². The molecule has 1 atom stereocenters. The van der Waals surface area contributed by atoms with Crippen molar-refractivity contribution in [3.05, 3.63) is 130 Å². The van der Waals surface area contributed by atoms with E-state index < -0.39 is 23.7 Å². The fraction of sp³-hybridized carbons (Fsp3) is 0.171. The second-order valence-electron chi connectivity index (χ2n) is 10.4. The Morgan fingerprint density at radius 1 is 0.833 bits per heavy atom. The number of Topliss-reactive ketones (excluding diaryl/α,β-unsaturated/α-hetero) is 1. The van der Waals surface area contributed by atoms with E-state index in [9.17, 15) is 19.5 Å². The highest BCUT2D eigenvalue weighted by molar-refractivity contribution is 6.51. The van der Waals surface area contributed by atoms with Crippen molar-refractivity contribution in [3.63, 3.8) is 0 Å². The molecule has 1 heterocycles. The van der Waals surface area contributed by atoms with Gasteiger partial charge in [0.15, 0.2) is 0 Å². The van der Waals surface area contributed by atoms with Crippen molar-refractivity contribution in [2.45, 2.75) is 40.3 Å². The minimum Gasteiger partial charge on any atom is -0.507 e. The molecule has 0 aromatic heterocycles. The van der Waals surface area contributed by atoms with Crippen molar-refractivity contribution in [2.75, 3.05) is 4.90 Å². The Balaban J connectivity index is 1.57. The number of anilines is 1. The molecule has 1 aliphatic rings. The summed E-state index contributed by atoms with van der Waals surface area (Å²) in [5, 5.41) is 11.6. The van der Waals surface area contributed by atoms with Crippen LogP contribution in [-0.4, -0.2) is 22.8 Å². The van der Waals surface area contributed by atoms with Crippen LogP contribution in [0.2, 0.25) is 0 Å². The van der Waals surface area contributed by atoms with E-state index in [1.807, 2.05) is 63.2 Å². The van der Waals surface area contributed by atoms with Crippen LogP contribution in [0.25, 0.3) is 5.76 Å². The van der Waals surface area contributed by atoms with E-state index in [-0.39, 0.29) is 11.3 Å². The third kappa shape index (κ3) is 5.67. The Morgan fingerprint density at radius 3 is 2.19 bits per heavy atom. The summed E-state index contributed by atoms with van der Waals surface area (Å²) in [6.07, 6.45) is 0. The number of hydrogen-bond acceptors (Lipinski definition) is 6. The summed E-state index contributed by atoms with van der Waals surface area (Å²) in [5.41, 5.74) is 5.26. The Hall–Kier alpha value is -5.17. The van der Waals surface area contributed by atoms with Gasteiger partial charge in [-0.15, -0.1) is 0 Å². The monoisotopic (exact) mass is 561 g/mol. The number of esters is 1. The fourth-order valence-electron chi connectivity index (χ4n) is 5.02. The number of aliphatic hydroxyl groups excluding tert-OH is 1. The maximum atomic E-state index is 13.6. The molecule has 0 bridgehead atoms. The Bertz CT molecular complexity index is 1710. The van der Waals surface area contributed by atoms with Crippen LogP contribution >= 0.6 is 0 Å². The molecule has 0 spiro atoms. The number of aliphatic hydroxyl groups is 1.